The second kappa shape index (κ2) is 8.14. The monoisotopic (exact) mass is 313 g/mol. The summed E-state index contributed by atoms with van der Waals surface area (Å²) in [4.78, 5) is 16.3. The summed E-state index contributed by atoms with van der Waals surface area (Å²) in [6.45, 7) is 0.518. The number of hydrogen-bond acceptors (Lipinski definition) is 3. The van der Waals surface area contributed by atoms with Crippen molar-refractivity contribution in [2.45, 2.75) is 18.9 Å². The fourth-order valence-electron chi connectivity index (χ4n) is 2.41. The largest absolute Gasteiger partial charge is 0.370 e. The molecule has 122 valence electrons. The van der Waals surface area contributed by atoms with Crippen molar-refractivity contribution in [1.82, 2.24) is 5.32 Å². The van der Waals surface area contributed by atoms with Gasteiger partial charge in [0, 0.05) is 12.2 Å². The number of likely N-dealkylation sites (N-methyl/N-ethyl adjacent to an activating group) is 1. The molecule has 0 radical (unpaired) electrons. The van der Waals surface area contributed by atoms with Gasteiger partial charge in [-0.1, -0.05) is 30.3 Å². The first kappa shape index (κ1) is 16.8. The van der Waals surface area contributed by atoms with E-state index in [0.29, 0.717) is 13.0 Å². The maximum absolute atomic E-state index is 12.3. The fourth-order valence-corrected chi connectivity index (χ4v) is 2.41. The third kappa shape index (κ3) is 4.96. The summed E-state index contributed by atoms with van der Waals surface area (Å²) >= 11 is 0. The minimum atomic E-state index is -0.282. The predicted molar refractivity (Wildman–Crippen MR) is 95.3 cm³/mol. The molecule has 6 N–H and O–H groups in total. The summed E-state index contributed by atoms with van der Waals surface area (Å²) in [5.74, 6) is 0.0131. The number of nitrogens with zero attached hydrogens (tertiary/aromatic N) is 1. The minimum Gasteiger partial charge on any atom is -0.370 e. The van der Waals surface area contributed by atoms with Gasteiger partial charge in [-0.25, -0.2) is 0 Å². The Kier molecular flexibility index (Phi) is 5.94. The molecule has 0 spiro atoms. The molecule has 1 amide bonds. The van der Waals surface area contributed by atoms with E-state index in [0.717, 1.165) is 22.9 Å². The molecule has 0 saturated carbocycles. The molecule has 0 bridgehead atoms. The quantitative estimate of drug-likeness (QED) is 0.352. The number of carbonyl (C=O) groups excluding carboxylic acids is 1. The molecule has 23 heavy (non-hydrogen) atoms. The highest BCUT2D eigenvalue weighted by Gasteiger charge is 2.16. The predicted octanol–water partition coefficient (Wildman–Crippen LogP) is 1.42. The van der Waals surface area contributed by atoms with E-state index in [2.05, 4.69) is 15.6 Å². The summed E-state index contributed by atoms with van der Waals surface area (Å²) in [5.41, 5.74) is 11.4. The molecule has 2 aromatic rings. The first-order valence-electron chi connectivity index (χ1n) is 7.62. The Morgan fingerprint density at radius 3 is 2.61 bits per heavy atom. The lowest BCUT2D eigenvalue weighted by Crippen LogP contribution is -2.38. The van der Waals surface area contributed by atoms with Crippen LogP contribution in [0.2, 0.25) is 0 Å². The Labute approximate surface area is 136 Å². The topological polar surface area (TPSA) is 106 Å². The molecule has 0 aliphatic rings. The number of fused-ring (bicyclic) bond motifs is 1. The van der Waals surface area contributed by atoms with Gasteiger partial charge < -0.3 is 22.1 Å². The van der Waals surface area contributed by atoms with Crippen LogP contribution in [0, 0.1) is 0 Å². The van der Waals surface area contributed by atoms with Gasteiger partial charge in [0.05, 0.1) is 6.04 Å². The molecule has 0 aromatic heterocycles. The van der Waals surface area contributed by atoms with Crippen LogP contribution in [0.5, 0.6) is 0 Å². The fraction of sp³-hybridized carbons (Fsp3) is 0.294. The maximum atomic E-state index is 12.3. The lowest BCUT2D eigenvalue weighted by molar-refractivity contribution is -0.118. The molecule has 0 aliphatic carbocycles. The molecule has 2 aromatic carbocycles. The molecule has 0 aliphatic heterocycles. The van der Waals surface area contributed by atoms with Crippen LogP contribution < -0.4 is 22.1 Å². The van der Waals surface area contributed by atoms with Gasteiger partial charge in [-0.2, -0.15) is 0 Å². The molecule has 2 rings (SSSR count). The zero-order valence-electron chi connectivity index (χ0n) is 13.3. The van der Waals surface area contributed by atoms with Crippen LogP contribution in [-0.4, -0.2) is 31.5 Å². The number of nitrogens with two attached hydrogens (primary N) is 2. The second-order valence-corrected chi connectivity index (χ2v) is 5.34. The van der Waals surface area contributed by atoms with E-state index in [4.69, 9.17) is 11.5 Å². The van der Waals surface area contributed by atoms with Gasteiger partial charge in [0.1, 0.15) is 0 Å². The molecular formula is C17H23N5O. The Balaban J connectivity index is 1.96. The van der Waals surface area contributed by atoms with E-state index in [-0.39, 0.29) is 17.9 Å². The standard InChI is InChI=1S/C17H23N5O/c1-20-15(7-4-10-21-17(18)19)16(23)22-14-9-8-12-5-2-3-6-13(12)11-14/h2-3,5-6,8-9,11,15,20H,4,7,10H2,1H3,(H,22,23)(H4,18,19,21)/t15-/m0/s1. The van der Waals surface area contributed by atoms with Crippen LogP contribution in [0.15, 0.2) is 47.5 Å². The SMILES string of the molecule is CN[C@@H](CCCN=C(N)N)C(=O)Nc1ccc2ccccc2c1. The number of anilines is 1. The Morgan fingerprint density at radius 2 is 1.91 bits per heavy atom. The number of carbonyl (C=O) groups is 1. The van der Waals surface area contributed by atoms with Crippen molar-refractivity contribution in [1.29, 1.82) is 0 Å². The molecule has 0 unspecified atom stereocenters. The van der Waals surface area contributed by atoms with Gasteiger partial charge >= 0.3 is 0 Å². The third-order valence-electron chi connectivity index (χ3n) is 3.63. The average Bonchev–Trinajstić information content (AvgIpc) is 2.54. The van der Waals surface area contributed by atoms with E-state index in [1.807, 2.05) is 42.5 Å². The van der Waals surface area contributed by atoms with Crippen LogP contribution in [-0.2, 0) is 4.79 Å². The molecule has 0 heterocycles. The molecule has 6 heteroatoms. The van der Waals surface area contributed by atoms with Crippen molar-refractivity contribution in [3.8, 4) is 0 Å². The van der Waals surface area contributed by atoms with Crippen LogP contribution in [0.1, 0.15) is 12.8 Å². The van der Waals surface area contributed by atoms with Gasteiger partial charge in [-0.15, -0.1) is 0 Å². The van der Waals surface area contributed by atoms with E-state index in [1.165, 1.54) is 0 Å². The lowest BCUT2D eigenvalue weighted by Gasteiger charge is -2.16. The lowest BCUT2D eigenvalue weighted by atomic mass is 10.1. The summed E-state index contributed by atoms with van der Waals surface area (Å²) in [6, 6.07) is 13.6. The Hall–Kier alpha value is -2.60. The first-order chi connectivity index (χ1) is 11.1. The highest BCUT2D eigenvalue weighted by atomic mass is 16.2. The number of amides is 1. The smallest absolute Gasteiger partial charge is 0.241 e. The van der Waals surface area contributed by atoms with Crippen molar-refractivity contribution >= 4 is 28.3 Å². The van der Waals surface area contributed by atoms with Crippen LogP contribution >= 0.6 is 0 Å². The Bertz CT molecular complexity index is 694. The van der Waals surface area contributed by atoms with E-state index in [9.17, 15) is 4.79 Å². The zero-order chi connectivity index (χ0) is 16.7. The Morgan fingerprint density at radius 1 is 1.17 bits per heavy atom. The molecule has 0 fully saturated rings. The van der Waals surface area contributed by atoms with Crippen molar-refractivity contribution in [3.63, 3.8) is 0 Å². The van der Waals surface area contributed by atoms with E-state index < -0.39 is 0 Å². The van der Waals surface area contributed by atoms with Crippen molar-refractivity contribution < 1.29 is 4.79 Å². The van der Waals surface area contributed by atoms with Gasteiger partial charge in [-0.05, 0) is 42.8 Å². The van der Waals surface area contributed by atoms with Gasteiger partial charge in [-0.3, -0.25) is 9.79 Å². The molecule has 0 saturated heterocycles. The van der Waals surface area contributed by atoms with E-state index in [1.54, 1.807) is 7.05 Å². The van der Waals surface area contributed by atoms with Crippen LogP contribution in [0.4, 0.5) is 5.69 Å². The van der Waals surface area contributed by atoms with Gasteiger partial charge in [0.2, 0.25) is 5.91 Å². The molecule has 6 nitrogen and oxygen atoms in total. The minimum absolute atomic E-state index is 0.0625. The zero-order valence-corrected chi connectivity index (χ0v) is 13.3. The summed E-state index contributed by atoms with van der Waals surface area (Å²) < 4.78 is 0. The summed E-state index contributed by atoms with van der Waals surface area (Å²) in [6.07, 6.45) is 1.39. The summed E-state index contributed by atoms with van der Waals surface area (Å²) in [7, 11) is 1.77. The van der Waals surface area contributed by atoms with Crippen LogP contribution in [0.3, 0.4) is 0 Å². The number of guanidine groups is 1. The third-order valence-corrected chi connectivity index (χ3v) is 3.63. The van der Waals surface area contributed by atoms with Crippen molar-refractivity contribution in [2.75, 3.05) is 18.9 Å². The molecular weight excluding hydrogens is 290 g/mol. The highest BCUT2D eigenvalue weighted by molar-refractivity contribution is 5.97. The number of benzene rings is 2. The number of rotatable bonds is 7. The average molecular weight is 313 g/mol. The molecule has 1 atom stereocenters. The van der Waals surface area contributed by atoms with E-state index >= 15 is 0 Å². The first-order valence-corrected chi connectivity index (χ1v) is 7.62. The van der Waals surface area contributed by atoms with Crippen molar-refractivity contribution in [3.05, 3.63) is 42.5 Å². The maximum Gasteiger partial charge on any atom is 0.241 e. The summed E-state index contributed by atoms with van der Waals surface area (Å²) in [5, 5.41) is 8.22. The van der Waals surface area contributed by atoms with Gasteiger partial charge in [0.25, 0.3) is 0 Å². The normalized spacial score (nSPS) is 11.9. The van der Waals surface area contributed by atoms with Gasteiger partial charge in [0.15, 0.2) is 5.96 Å². The number of nitrogens with one attached hydrogen (secondary N) is 2. The number of aliphatic imine (C=N–C) groups is 1. The number of hydrogen-bond donors (Lipinski definition) is 4. The van der Waals surface area contributed by atoms with Crippen molar-refractivity contribution in [2.24, 2.45) is 16.5 Å². The van der Waals surface area contributed by atoms with Crippen LogP contribution in [0.25, 0.3) is 10.8 Å². The highest BCUT2D eigenvalue weighted by Crippen LogP contribution is 2.19. The second-order valence-electron chi connectivity index (χ2n) is 5.34.